The minimum Gasteiger partial charge on any atom is -0.506 e. The molecule has 1 heterocycles. The summed E-state index contributed by atoms with van der Waals surface area (Å²) < 4.78 is 0. The molecule has 3 rings (SSSR count). The minimum absolute atomic E-state index is 0.0721. The monoisotopic (exact) mass is 316 g/mol. The first-order valence-corrected chi connectivity index (χ1v) is 7.07. The molecule has 0 aliphatic rings. The van der Waals surface area contributed by atoms with Crippen LogP contribution in [0.4, 0.5) is 0 Å². The third-order valence-corrected chi connectivity index (χ3v) is 3.64. The van der Waals surface area contributed by atoms with Crippen LogP contribution < -0.4 is 5.32 Å². The third kappa shape index (κ3) is 2.73. The average Bonchev–Trinajstić information content (AvgIpc) is 3.04. The highest BCUT2D eigenvalue weighted by molar-refractivity contribution is 6.36. The Kier molecular flexibility index (Phi) is 3.93. The predicted molar refractivity (Wildman–Crippen MR) is 83.0 cm³/mol. The lowest BCUT2D eigenvalue weighted by atomic mass is 10.0. The first-order valence-electron chi connectivity index (χ1n) is 6.69. The van der Waals surface area contributed by atoms with Crippen molar-refractivity contribution >= 4 is 28.3 Å². The van der Waals surface area contributed by atoms with Crippen molar-refractivity contribution in [3.8, 4) is 5.75 Å². The summed E-state index contributed by atoms with van der Waals surface area (Å²) >= 11 is 6.18. The van der Waals surface area contributed by atoms with Crippen LogP contribution in [0.15, 0.2) is 36.7 Å². The molecule has 22 heavy (non-hydrogen) atoms. The second kappa shape index (κ2) is 6.03. The van der Waals surface area contributed by atoms with Crippen LogP contribution in [0.3, 0.4) is 0 Å². The van der Waals surface area contributed by atoms with Gasteiger partial charge in [0.1, 0.15) is 17.9 Å². The fourth-order valence-electron chi connectivity index (χ4n) is 2.23. The highest BCUT2D eigenvalue weighted by Gasteiger charge is 2.16. The Hall–Kier alpha value is -2.60. The molecule has 1 amide bonds. The summed E-state index contributed by atoms with van der Waals surface area (Å²) in [5.41, 5.74) is 0.154. The van der Waals surface area contributed by atoms with Gasteiger partial charge in [-0.25, -0.2) is 4.98 Å². The quantitative estimate of drug-likeness (QED) is 0.688. The van der Waals surface area contributed by atoms with E-state index in [-0.39, 0.29) is 17.2 Å². The van der Waals surface area contributed by atoms with Gasteiger partial charge in [-0.1, -0.05) is 35.9 Å². The van der Waals surface area contributed by atoms with E-state index in [4.69, 9.17) is 11.6 Å². The molecule has 0 aliphatic heterocycles. The van der Waals surface area contributed by atoms with Crippen LogP contribution in [0.25, 0.3) is 10.8 Å². The molecule has 1 aromatic heterocycles. The summed E-state index contributed by atoms with van der Waals surface area (Å²) in [5.74, 6) is 0.225. The lowest BCUT2D eigenvalue weighted by Crippen LogP contribution is -2.26. The van der Waals surface area contributed by atoms with Gasteiger partial charge in [-0.3, -0.25) is 9.89 Å². The number of carbonyl (C=O) groups excluding carboxylic acids is 1. The number of aromatic amines is 1. The largest absolute Gasteiger partial charge is 0.506 e. The Labute approximate surface area is 131 Å². The fraction of sp³-hybridized carbons (Fsp3) is 0.133. The number of nitrogens with one attached hydrogen (secondary N) is 2. The van der Waals surface area contributed by atoms with Crippen LogP contribution in [-0.4, -0.2) is 32.7 Å². The van der Waals surface area contributed by atoms with Crippen LogP contribution in [-0.2, 0) is 6.42 Å². The molecule has 112 valence electrons. The number of benzene rings is 2. The number of hydrogen-bond acceptors (Lipinski definition) is 4. The smallest absolute Gasteiger partial charge is 0.255 e. The molecule has 3 N–H and O–H groups in total. The Morgan fingerprint density at radius 2 is 2.09 bits per heavy atom. The number of fused-ring (bicyclic) bond motifs is 1. The molecule has 0 saturated heterocycles. The van der Waals surface area contributed by atoms with Crippen molar-refractivity contribution in [1.29, 1.82) is 0 Å². The van der Waals surface area contributed by atoms with E-state index >= 15 is 0 Å². The lowest BCUT2D eigenvalue weighted by molar-refractivity contribution is 0.0951. The third-order valence-electron chi connectivity index (χ3n) is 3.32. The molecule has 0 spiro atoms. The lowest BCUT2D eigenvalue weighted by Gasteiger charge is -2.10. The summed E-state index contributed by atoms with van der Waals surface area (Å²) in [5, 5.41) is 21.1. The highest BCUT2D eigenvalue weighted by Crippen LogP contribution is 2.34. The molecule has 0 bridgehead atoms. The number of halogens is 1. The van der Waals surface area contributed by atoms with Crippen LogP contribution in [0.5, 0.6) is 5.75 Å². The van der Waals surface area contributed by atoms with Gasteiger partial charge < -0.3 is 10.4 Å². The first-order chi connectivity index (χ1) is 10.7. The van der Waals surface area contributed by atoms with Gasteiger partial charge >= 0.3 is 0 Å². The first kappa shape index (κ1) is 14.3. The predicted octanol–water partition coefficient (Wildman–Crippen LogP) is 2.29. The number of phenols is 1. The highest BCUT2D eigenvalue weighted by atomic mass is 35.5. The molecule has 0 aliphatic carbocycles. The van der Waals surface area contributed by atoms with Gasteiger partial charge in [-0.2, -0.15) is 5.10 Å². The standard InChI is InChI=1S/C15H13ClN4O2/c16-12-7-11(14(21)10-4-2-1-3-9(10)12)15(22)17-6-5-13-18-8-19-20-13/h1-4,7-8,21H,5-6H2,(H,17,22)(H,18,19,20). The Morgan fingerprint density at radius 1 is 1.32 bits per heavy atom. The van der Waals surface area contributed by atoms with E-state index in [1.165, 1.54) is 12.4 Å². The van der Waals surface area contributed by atoms with Crippen LogP contribution in [0, 0.1) is 0 Å². The second-order valence-electron chi connectivity index (χ2n) is 4.74. The summed E-state index contributed by atoms with van der Waals surface area (Å²) in [4.78, 5) is 16.2. The van der Waals surface area contributed by atoms with E-state index in [2.05, 4.69) is 20.5 Å². The summed E-state index contributed by atoms with van der Waals surface area (Å²) in [6, 6.07) is 8.60. The number of nitrogens with zero attached hydrogens (tertiary/aromatic N) is 2. The summed E-state index contributed by atoms with van der Waals surface area (Å²) in [6.07, 6.45) is 1.93. The average molecular weight is 317 g/mol. The van der Waals surface area contributed by atoms with Crippen molar-refractivity contribution in [2.45, 2.75) is 6.42 Å². The van der Waals surface area contributed by atoms with Crippen LogP contribution in [0.2, 0.25) is 5.02 Å². The van der Waals surface area contributed by atoms with Crippen LogP contribution in [0.1, 0.15) is 16.2 Å². The van der Waals surface area contributed by atoms with E-state index in [0.29, 0.717) is 34.6 Å². The molecule has 7 heteroatoms. The Morgan fingerprint density at radius 3 is 2.82 bits per heavy atom. The normalized spacial score (nSPS) is 10.8. The SMILES string of the molecule is O=C(NCCc1ncn[nH]1)c1cc(Cl)c2ccccc2c1O. The number of aromatic hydroxyl groups is 1. The zero-order chi connectivity index (χ0) is 15.5. The molecule has 3 aromatic rings. The summed E-state index contributed by atoms with van der Waals surface area (Å²) in [7, 11) is 0. The second-order valence-corrected chi connectivity index (χ2v) is 5.15. The van der Waals surface area contributed by atoms with E-state index in [1.54, 1.807) is 18.2 Å². The van der Waals surface area contributed by atoms with Crippen molar-refractivity contribution in [2.75, 3.05) is 6.54 Å². The molecule has 0 atom stereocenters. The number of H-pyrrole nitrogens is 1. The van der Waals surface area contributed by atoms with Gasteiger partial charge in [0.15, 0.2) is 0 Å². The Bertz CT molecular complexity index is 818. The van der Waals surface area contributed by atoms with Crippen molar-refractivity contribution in [1.82, 2.24) is 20.5 Å². The van der Waals surface area contributed by atoms with Crippen LogP contribution >= 0.6 is 11.6 Å². The zero-order valence-electron chi connectivity index (χ0n) is 11.5. The number of amides is 1. The van der Waals surface area contributed by atoms with Gasteiger partial charge in [0.05, 0.1) is 5.56 Å². The topological polar surface area (TPSA) is 90.9 Å². The van der Waals surface area contributed by atoms with Crippen molar-refractivity contribution in [2.24, 2.45) is 0 Å². The molecule has 0 unspecified atom stereocenters. The maximum atomic E-state index is 12.2. The summed E-state index contributed by atoms with van der Waals surface area (Å²) in [6.45, 7) is 0.373. The zero-order valence-corrected chi connectivity index (χ0v) is 12.3. The molecule has 0 saturated carbocycles. The van der Waals surface area contributed by atoms with Crippen molar-refractivity contribution in [3.63, 3.8) is 0 Å². The number of phenolic OH excluding ortho intramolecular Hbond substituents is 1. The van der Waals surface area contributed by atoms with E-state index in [0.717, 1.165) is 0 Å². The minimum atomic E-state index is -0.385. The molecular weight excluding hydrogens is 304 g/mol. The fourth-order valence-corrected chi connectivity index (χ4v) is 2.50. The number of aromatic nitrogens is 3. The van der Waals surface area contributed by atoms with Gasteiger partial charge in [0.2, 0.25) is 0 Å². The number of rotatable bonds is 4. The molecule has 6 nitrogen and oxygen atoms in total. The van der Waals surface area contributed by atoms with E-state index in [9.17, 15) is 9.90 Å². The molecule has 2 aromatic carbocycles. The van der Waals surface area contributed by atoms with Crippen molar-refractivity contribution < 1.29 is 9.90 Å². The maximum Gasteiger partial charge on any atom is 0.255 e. The molecule has 0 fully saturated rings. The number of carbonyl (C=O) groups is 1. The molecule has 0 radical (unpaired) electrons. The van der Waals surface area contributed by atoms with E-state index in [1.807, 2.05) is 6.07 Å². The molecular formula is C15H13ClN4O2. The van der Waals surface area contributed by atoms with Gasteiger partial charge in [0.25, 0.3) is 5.91 Å². The van der Waals surface area contributed by atoms with Crippen molar-refractivity contribution in [3.05, 3.63) is 53.1 Å². The van der Waals surface area contributed by atoms with E-state index < -0.39 is 0 Å². The number of hydrogen-bond donors (Lipinski definition) is 3. The maximum absolute atomic E-state index is 12.2. The van der Waals surface area contributed by atoms with Gasteiger partial charge in [0, 0.05) is 28.8 Å². The Balaban J connectivity index is 1.80. The van der Waals surface area contributed by atoms with Gasteiger partial charge in [-0.05, 0) is 6.07 Å². The van der Waals surface area contributed by atoms with Gasteiger partial charge in [-0.15, -0.1) is 0 Å².